The van der Waals surface area contributed by atoms with E-state index in [4.69, 9.17) is 4.74 Å². The molecule has 0 aliphatic heterocycles. The molecule has 2 aromatic heterocycles. The summed E-state index contributed by atoms with van der Waals surface area (Å²) in [7, 11) is 1.45. The molecular weight excluding hydrogens is 429 g/mol. The Morgan fingerprint density at radius 2 is 1.96 bits per heavy atom. The molecule has 10 heteroatoms. The van der Waals surface area contributed by atoms with Crippen molar-refractivity contribution in [1.29, 1.82) is 0 Å². The topological polar surface area (TPSA) is 68.5 Å². The molecule has 0 aliphatic rings. The fraction of sp³-hybridized carbons (Fsp3) is 0.235. The van der Waals surface area contributed by atoms with Crippen LogP contribution in [0.25, 0.3) is 5.65 Å². The van der Waals surface area contributed by atoms with E-state index >= 15 is 0 Å². The quantitative estimate of drug-likeness (QED) is 0.652. The predicted molar refractivity (Wildman–Crippen MR) is 96.1 cm³/mol. The van der Waals surface area contributed by atoms with Gasteiger partial charge in [-0.05, 0) is 53.5 Å². The lowest BCUT2D eigenvalue weighted by molar-refractivity contribution is -0.142. The molecule has 0 spiro atoms. The standard InChI is InChI=1S/C17H14BrF3N4O2/c1-8-4-5-11(27-3)10(6-8)23-16(26)14-13(18)15-22-9(2)7-12(17(19,20)21)25(15)24-14/h4-7H,1-3H3,(H,23,26). The van der Waals surface area contributed by atoms with Gasteiger partial charge in [-0.15, -0.1) is 0 Å². The second kappa shape index (κ2) is 6.84. The number of hydrogen-bond acceptors (Lipinski definition) is 4. The third-order valence-corrected chi connectivity index (χ3v) is 4.50. The van der Waals surface area contributed by atoms with Crippen LogP contribution in [0, 0.1) is 13.8 Å². The van der Waals surface area contributed by atoms with Gasteiger partial charge in [-0.1, -0.05) is 6.07 Å². The Labute approximate surface area is 160 Å². The molecule has 0 fully saturated rings. The molecule has 3 aromatic rings. The van der Waals surface area contributed by atoms with Crippen LogP contribution in [0.15, 0.2) is 28.7 Å². The van der Waals surface area contributed by atoms with Crippen LogP contribution in [0.3, 0.4) is 0 Å². The Morgan fingerprint density at radius 1 is 1.26 bits per heavy atom. The highest BCUT2D eigenvalue weighted by atomic mass is 79.9. The number of alkyl halides is 3. The first-order valence-electron chi connectivity index (χ1n) is 7.71. The van der Waals surface area contributed by atoms with Crippen LogP contribution in [0.5, 0.6) is 5.75 Å². The van der Waals surface area contributed by atoms with Crippen LogP contribution in [-0.4, -0.2) is 27.6 Å². The zero-order chi connectivity index (χ0) is 19.9. The average molecular weight is 443 g/mol. The molecular formula is C17H14BrF3N4O2. The van der Waals surface area contributed by atoms with Crippen molar-refractivity contribution in [3.63, 3.8) is 0 Å². The lowest BCUT2D eigenvalue weighted by Crippen LogP contribution is -2.16. The number of ether oxygens (including phenoxy) is 1. The number of amides is 1. The summed E-state index contributed by atoms with van der Waals surface area (Å²) in [4.78, 5) is 16.7. The largest absolute Gasteiger partial charge is 0.495 e. The van der Waals surface area contributed by atoms with Crippen molar-refractivity contribution in [1.82, 2.24) is 14.6 Å². The van der Waals surface area contributed by atoms with Crippen LogP contribution in [0.2, 0.25) is 0 Å². The summed E-state index contributed by atoms with van der Waals surface area (Å²) in [5.41, 5.74) is 0.0786. The number of carbonyl (C=O) groups excluding carboxylic acids is 1. The maximum Gasteiger partial charge on any atom is 0.433 e. The lowest BCUT2D eigenvalue weighted by atomic mass is 10.2. The molecule has 0 atom stereocenters. The van der Waals surface area contributed by atoms with Gasteiger partial charge in [0.2, 0.25) is 0 Å². The molecule has 0 saturated heterocycles. The van der Waals surface area contributed by atoms with Crippen molar-refractivity contribution >= 4 is 33.2 Å². The summed E-state index contributed by atoms with van der Waals surface area (Å²) in [5.74, 6) is -0.277. The summed E-state index contributed by atoms with van der Waals surface area (Å²) in [6.07, 6.45) is -4.65. The second-order valence-corrected chi connectivity index (χ2v) is 6.63. The average Bonchev–Trinajstić information content (AvgIpc) is 2.90. The minimum absolute atomic E-state index is 0.0702. The molecule has 0 unspecified atom stereocenters. The molecule has 1 N–H and O–H groups in total. The molecule has 142 valence electrons. The van der Waals surface area contributed by atoms with E-state index in [1.807, 2.05) is 6.92 Å². The van der Waals surface area contributed by atoms with Crippen LogP contribution in [0.1, 0.15) is 27.4 Å². The third-order valence-electron chi connectivity index (χ3n) is 3.77. The highest BCUT2D eigenvalue weighted by Gasteiger charge is 2.36. The van der Waals surface area contributed by atoms with Crippen LogP contribution in [-0.2, 0) is 6.18 Å². The Hall–Kier alpha value is -2.62. The van der Waals surface area contributed by atoms with Gasteiger partial charge in [0.25, 0.3) is 5.91 Å². The fourth-order valence-corrected chi connectivity index (χ4v) is 3.08. The number of methoxy groups -OCH3 is 1. The van der Waals surface area contributed by atoms with E-state index in [1.54, 1.807) is 18.2 Å². The lowest BCUT2D eigenvalue weighted by Gasteiger charge is -2.10. The number of benzene rings is 1. The normalized spacial score (nSPS) is 11.7. The summed E-state index contributed by atoms with van der Waals surface area (Å²) in [5, 5.41) is 6.44. The van der Waals surface area contributed by atoms with Crippen molar-refractivity contribution < 1.29 is 22.7 Å². The second-order valence-electron chi connectivity index (χ2n) is 5.84. The maximum atomic E-state index is 13.3. The zero-order valence-corrected chi connectivity index (χ0v) is 16.1. The number of aromatic nitrogens is 3. The number of aryl methyl sites for hydroxylation is 2. The molecule has 27 heavy (non-hydrogen) atoms. The number of nitrogens with one attached hydrogen (secondary N) is 1. The molecule has 0 saturated carbocycles. The highest BCUT2D eigenvalue weighted by molar-refractivity contribution is 9.10. The van der Waals surface area contributed by atoms with Crippen LogP contribution < -0.4 is 10.1 Å². The van der Waals surface area contributed by atoms with E-state index in [2.05, 4.69) is 31.3 Å². The van der Waals surface area contributed by atoms with E-state index in [0.29, 0.717) is 16.0 Å². The maximum absolute atomic E-state index is 13.3. The Morgan fingerprint density at radius 3 is 2.59 bits per heavy atom. The molecule has 1 aromatic carbocycles. The van der Waals surface area contributed by atoms with Gasteiger partial charge in [-0.3, -0.25) is 4.79 Å². The first kappa shape index (κ1) is 19.2. The monoisotopic (exact) mass is 442 g/mol. The molecule has 2 heterocycles. The van der Waals surface area contributed by atoms with Crippen molar-refractivity contribution in [2.45, 2.75) is 20.0 Å². The van der Waals surface area contributed by atoms with Crippen LogP contribution in [0.4, 0.5) is 18.9 Å². The number of anilines is 1. The van der Waals surface area contributed by atoms with Gasteiger partial charge in [0, 0.05) is 5.69 Å². The first-order chi connectivity index (χ1) is 12.6. The van der Waals surface area contributed by atoms with E-state index in [-0.39, 0.29) is 21.5 Å². The molecule has 3 rings (SSSR count). The van der Waals surface area contributed by atoms with Crippen molar-refractivity contribution in [2.24, 2.45) is 0 Å². The Bertz CT molecular complexity index is 1050. The summed E-state index contributed by atoms with van der Waals surface area (Å²) in [6.45, 7) is 3.27. The van der Waals surface area contributed by atoms with Crippen LogP contribution >= 0.6 is 15.9 Å². The molecule has 0 bridgehead atoms. The predicted octanol–water partition coefficient (Wildman–Crippen LogP) is 4.39. The summed E-state index contributed by atoms with van der Waals surface area (Å²) in [6, 6.07) is 6.04. The van der Waals surface area contributed by atoms with Crippen molar-refractivity contribution in [2.75, 3.05) is 12.4 Å². The Kier molecular flexibility index (Phi) is 4.85. The molecule has 0 aliphatic carbocycles. The number of halogens is 4. The van der Waals surface area contributed by atoms with E-state index < -0.39 is 17.8 Å². The van der Waals surface area contributed by atoms with Gasteiger partial charge < -0.3 is 10.1 Å². The summed E-state index contributed by atoms with van der Waals surface area (Å²) >= 11 is 3.15. The third kappa shape index (κ3) is 3.61. The minimum Gasteiger partial charge on any atom is -0.495 e. The van der Waals surface area contributed by atoms with Gasteiger partial charge in [0.15, 0.2) is 11.3 Å². The molecule has 6 nitrogen and oxygen atoms in total. The van der Waals surface area contributed by atoms with E-state index in [1.165, 1.54) is 14.0 Å². The number of carbonyl (C=O) groups is 1. The smallest absolute Gasteiger partial charge is 0.433 e. The van der Waals surface area contributed by atoms with Crippen molar-refractivity contribution in [3.8, 4) is 5.75 Å². The number of nitrogens with zero attached hydrogens (tertiary/aromatic N) is 3. The molecule has 0 radical (unpaired) electrons. The SMILES string of the molecule is COc1ccc(C)cc1NC(=O)c1nn2c(C(F)(F)F)cc(C)nc2c1Br. The molecule has 1 amide bonds. The van der Waals surface area contributed by atoms with Gasteiger partial charge in [0.05, 0.1) is 17.3 Å². The van der Waals surface area contributed by atoms with Gasteiger partial charge in [-0.2, -0.15) is 18.3 Å². The number of hydrogen-bond donors (Lipinski definition) is 1. The number of rotatable bonds is 3. The Balaban J connectivity index is 2.09. The van der Waals surface area contributed by atoms with Gasteiger partial charge in [-0.25, -0.2) is 9.50 Å². The fourth-order valence-electron chi connectivity index (χ4n) is 2.56. The zero-order valence-electron chi connectivity index (χ0n) is 14.5. The number of fused-ring (bicyclic) bond motifs is 1. The van der Waals surface area contributed by atoms with Crippen molar-refractivity contribution in [3.05, 3.63) is 51.4 Å². The van der Waals surface area contributed by atoms with Gasteiger partial charge in [0.1, 0.15) is 11.4 Å². The summed E-state index contributed by atoms with van der Waals surface area (Å²) < 4.78 is 45.8. The highest BCUT2D eigenvalue weighted by Crippen LogP contribution is 2.33. The van der Waals surface area contributed by atoms with E-state index in [0.717, 1.165) is 11.6 Å². The first-order valence-corrected chi connectivity index (χ1v) is 8.50. The minimum atomic E-state index is -4.65. The van der Waals surface area contributed by atoms with E-state index in [9.17, 15) is 18.0 Å². The van der Waals surface area contributed by atoms with Gasteiger partial charge >= 0.3 is 6.18 Å².